The molecule has 1 aliphatic heterocycles. The van der Waals surface area contributed by atoms with Crippen LogP contribution in [0.4, 0.5) is 0 Å². The van der Waals surface area contributed by atoms with Crippen molar-refractivity contribution in [1.82, 2.24) is 10.6 Å². The average molecular weight is 288 g/mol. The zero-order valence-electron chi connectivity index (χ0n) is 12.7. The monoisotopic (exact) mass is 288 g/mol. The summed E-state index contributed by atoms with van der Waals surface area (Å²) in [6, 6.07) is 0. The number of carbonyl (C=O) groups excluding carboxylic acids is 2. The van der Waals surface area contributed by atoms with Gasteiger partial charge in [0.25, 0.3) is 0 Å². The Kier molecular flexibility index (Phi) is 13.5. The van der Waals surface area contributed by atoms with Gasteiger partial charge in [0.15, 0.2) is 0 Å². The van der Waals surface area contributed by atoms with E-state index in [0.717, 1.165) is 39.0 Å². The first-order chi connectivity index (χ1) is 9.70. The normalized spacial score (nSPS) is 13.9. The van der Waals surface area contributed by atoms with Crippen molar-refractivity contribution in [3.8, 4) is 0 Å². The van der Waals surface area contributed by atoms with Gasteiger partial charge in [0, 0.05) is 26.2 Å². The smallest absolute Gasteiger partial charge is 0.306 e. The minimum Gasteiger partial charge on any atom is -0.466 e. The number of nitrogens with one attached hydrogen (secondary N) is 2. The Bertz CT molecular complexity index is 224. The van der Waals surface area contributed by atoms with Gasteiger partial charge in [0.2, 0.25) is 0 Å². The summed E-state index contributed by atoms with van der Waals surface area (Å²) in [4.78, 5) is 21.9. The highest BCUT2D eigenvalue weighted by molar-refractivity contribution is 5.77. The molecule has 0 aliphatic carbocycles. The maximum Gasteiger partial charge on any atom is 0.306 e. The molecule has 0 spiro atoms. The molecule has 1 heterocycles. The summed E-state index contributed by atoms with van der Waals surface area (Å²) < 4.78 is 9.60. The molecular formula is C14H28N2O4. The maximum atomic E-state index is 11.0. The third kappa shape index (κ3) is 13.3. The summed E-state index contributed by atoms with van der Waals surface area (Å²) in [5.74, 6) is -0.666. The molecule has 1 rings (SSSR count). The van der Waals surface area contributed by atoms with Gasteiger partial charge >= 0.3 is 11.9 Å². The van der Waals surface area contributed by atoms with Crippen LogP contribution in [-0.2, 0) is 19.1 Å². The largest absolute Gasteiger partial charge is 0.466 e. The van der Waals surface area contributed by atoms with Gasteiger partial charge in [-0.05, 0) is 12.8 Å². The van der Waals surface area contributed by atoms with Crippen molar-refractivity contribution in [2.45, 2.75) is 39.5 Å². The number of ether oxygens (including phenoxy) is 2. The fraction of sp³-hybridized carbons (Fsp3) is 0.857. The van der Waals surface area contributed by atoms with Crippen LogP contribution in [-0.4, -0.2) is 51.3 Å². The van der Waals surface area contributed by atoms with E-state index in [1.165, 1.54) is 0 Å². The molecule has 0 amide bonds. The highest BCUT2D eigenvalue weighted by Crippen LogP contribution is 1.97. The first-order valence-electron chi connectivity index (χ1n) is 7.43. The molecule has 0 aromatic carbocycles. The lowest BCUT2D eigenvalue weighted by molar-refractivity contribution is -0.150. The molecule has 0 saturated carbocycles. The zero-order chi connectivity index (χ0) is 15.1. The Morgan fingerprint density at radius 3 is 1.40 bits per heavy atom. The molecule has 1 saturated heterocycles. The van der Waals surface area contributed by atoms with Crippen molar-refractivity contribution >= 4 is 11.9 Å². The summed E-state index contributed by atoms with van der Waals surface area (Å²) >= 11 is 0. The zero-order valence-corrected chi connectivity index (χ0v) is 12.7. The first kappa shape index (κ1) is 18.9. The number of hydrogen-bond donors (Lipinski definition) is 2. The van der Waals surface area contributed by atoms with Crippen molar-refractivity contribution in [2.75, 3.05) is 39.4 Å². The van der Waals surface area contributed by atoms with Crippen LogP contribution < -0.4 is 10.6 Å². The second kappa shape index (κ2) is 14.3. The number of carbonyl (C=O) groups is 2. The average Bonchev–Trinajstić information content (AvgIpc) is 2.51. The van der Waals surface area contributed by atoms with E-state index in [2.05, 4.69) is 10.6 Å². The molecule has 0 aromatic heterocycles. The molecule has 0 bridgehead atoms. The summed E-state index contributed by atoms with van der Waals surface area (Å²) in [6.45, 7) is 9.23. The van der Waals surface area contributed by atoms with Gasteiger partial charge in [-0.3, -0.25) is 9.59 Å². The van der Waals surface area contributed by atoms with Gasteiger partial charge in [-0.25, -0.2) is 0 Å². The summed E-state index contributed by atoms with van der Waals surface area (Å²) in [5.41, 5.74) is 0. The summed E-state index contributed by atoms with van der Waals surface area (Å²) in [6.07, 6.45) is 1.82. The third-order valence-electron chi connectivity index (χ3n) is 2.42. The molecule has 0 unspecified atom stereocenters. The van der Waals surface area contributed by atoms with Gasteiger partial charge < -0.3 is 20.1 Å². The Labute approximate surface area is 121 Å². The van der Waals surface area contributed by atoms with Crippen molar-refractivity contribution < 1.29 is 19.1 Å². The fourth-order valence-corrected chi connectivity index (χ4v) is 1.38. The highest BCUT2D eigenvalue weighted by Gasteiger charge is 2.07. The standard InChI is InChI=1S/C10H18O4.C4H10N2/c1-3-7-13-9(11)5-6-10(12)14-8-4-2;1-2-6-4-3-5-1/h3-8H2,1-2H3;5-6H,1-4H2. The molecular weight excluding hydrogens is 260 g/mol. The molecule has 0 aromatic rings. The van der Waals surface area contributed by atoms with E-state index in [4.69, 9.17) is 9.47 Å². The Morgan fingerprint density at radius 2 is 1.15 bits per heavy atom. The lowest BCUT2D eigenvalue weighted by Crippen LogP contribution is -2.39. The van der Waals surface area contributed by atoms with Gasteiger partial charge in [0.1, 0.15) is 0 Å². The molecule has 0 radical (unpaired) electrons. The number of rotatable bonds is 7. The topological polar surface area (TPSA) is 76.7 Å². The lowest BCUT2D eigenvalue weighted by Gasteiger charge is -2.11. The van der Waals surface area contributed by atoms with Crippen LogP contribution in [0.5, 0.6) is 0 Å². The van der Waals surface area contributed by atoms with Crippen molar-refractivity contribution in [1.29, 1.82) is 0 Å². The lowest BCUT2D eigenvalue weighted by atomic mass is 10.3. The van der Waals surface area contributed by atoms with E-state index >= 15 is 0 Å². The van der Waals surface area contributed by atoms with Crippen LogP contribution in [0.25, 0.3) is 0 Å². The minimum atomic E-state index is -0.333. The van der Waals surface area contributed by atoms with E-state index in [-0.39, 0.29) is 24.8 Å². The molecule has 6 heteroatoms. The molecule has 6 nitrogen and oxygen atoms in total. The molecule has 1 fully saturated rings. The maximum absolute atomic E-state index is 11.0. The Hall–Kier alpha value is -1.14. The van der Waals surface area contributed by atoms with Crippen LogP contribution in [0.1, 0.15) is 39.5 Å². The molecule has 0 atom stereocenters. The minimum absolute atomic E-state index is 0.114. The predicted molar refractivity (Wildman–Crippen MR) is 77.5 cm³/mol. The van der Waals surface area contributed by atoms with Crippen molar-refractivity contribution in [2.24, 2.45) is 0 Å². The van der Waals surface area contributed by atoms with Gasteiger partial charge in [0.05, 0.1) is 26.1 Å². The van der Waals surface area contributed by atoms with E-state index in [1.807, 2.05) is 13.8 Å². The van der Waals surface area contributed by atoms with Crippen LogP contribution in [0.15, 0.2) is 0 Å². The highest BCUT2D eigenvalue weighted by atomic mass is 16.5. The number of hydrogen-bond acceptors (Lipinski definition) is 6. The Morgan fingerprint density at radius 1 is 0.800 bits per heavy atom. The van der Waals surface area contributed by atoms with Gasteiger partial charge in [-0.15, -0.1) is 0 Å². The van der Waals surface area contributed by atoms with Gasteiger partial charge in [-0.2, -0.15) is 0 Å². The van der Waals surface area contributed by atoms with Crippen LogP contribution in [0.2, 0.25) is 0 Å². The second-order valence-electron chi connectivity index (χ2n) is 4.44. The summed E-state index contributed by atoms with van der Waals surface area (Å²) in [5, 5.41) is 6.44. The van der Waals surface area contributed by atoms with Crippen LogP contribution >= 0.6 is 0 Å². The van der Waals surface area contributed by atoms with Gasteiger partial charge in [-0.1, -0.05) is 13.8 Å². The number of piperazine rings is 1. The molecule has 1 aliphatic rings. The van der Waals surface area contributed by atoms with Crippen molar-refractivity contribution in [3.63, 3.8) is 0 Å². The second-order valence-corrected chi connectivity index (χ2v) is 4.44. The van der Waals surface area contributed by atoms with E-state index in [1.54, 1.807) is 0 Å². The molecule has 20 heavy (non-hydrogen) atoms. The third-order valence-corrected chi connectivity index (χ3v) is 2.42. The van der Waals surface area contributed by atoms with E-state index in [9.17, 15) is 9.59 Å². The van der Waals surface area contributed by atoms with Crippen LogP contribution in [0, 0.1) is 0 Å². The predicted octanol–water partition coefficient (Wildman–Crippen LogP) is 0.852. The Balaban J connectivity index is 0.000000493. The van der Waals surface area contributed by atoms with E-state index in [0.29, 0.717) is 13.2 Å². The number of esters is 2. The molecule has 2 N–H and O–H groups in total. The first-order valence-corrected chi connectivity index (χ1v) is 7.43. The SMILES string of the molecule is C1CNCCN1.CCCOC(=O)CCC(=O)OCCC. The molecule has 118 valence electrons. The van der Waals surface area contributed by atoms with Crippen LogP contribution in [0.3, 0.4) is 0 Å². The quantitative estimate of drug-likeness (QED) is 0.676. The summed E-state index contributed by atoms with van der Waals surface area (Å²) in [7, 11) is 0. The van der Waals surface area contributed by atoms with Crippen molar-refractivity contribution in [3.05, 3.63) is 0 Å². The van der Waals surface area contributed by atoms with E-state index < -0.39 is 0 Å². The fourth-order valence-electron chi connectivity index (χ4n) is 1.38.